The summed E-state index contributed by atoms with van der Waals surface area (Å²) in [6.45, 7) is 4.92. The van der Waals surface area contributed by atoms with Crippen molar-refractivity contribution in [3.05, 3.63) is 42.0 Å². The van der Waals surface area contributed by atoms with Gasteiger partial charge in [0.15, 0.2) is 0 Å². The van der Waals surface area contributed by atoms with Crippen LogP contribution in [0, 0.1) is 13.8 Å². The van der Waals surface area contributed by atoms with Gasteiger partial charge in [0.25, 0.3) is 9.05 Å². The van der Waals surface area contributed by atoms with Gasteiger partial charge in [-0.3, -0.25) is 0 Å². The van der Waals surface area contributed by atoms with Crippen molar-refractivity contribution in [1.82, 2.24) is 9.55 Å². The average Bonchev–Trinajstić information content (AvgIpc) is 2.91. The summed E-state index contributed by atoms with van der Waals surface area (Å²) in [6, 6.07) is 3.13. The zero-order valence-electron chi connectivity index (χ0n) is 11.9. The lowest BCUT2D eigenvalue weighted by atomic mass is 10.1. The van der Waals surface area contributed by atoms with Crippen LogP contribution in [0.5, 0.6) is 5.75 Å². The molecule has 0 aliphatic carbocycles. The first kappa shape index (κ1) is 15.9. The quantitative estimate of drug-likeness (QED) is 0.604. The fourth-order valence-electron chi connectivity index (χ4n) is 2.04. The topological polar surface area (TPSA) is 61.2 Å². The second kappa shape index (κ2) is 6.49. The highest BCUT2D eigenvalue weighted by Crippen LogP contribution is 2.29. The molecular weight excluding hydrogens is 312 g/mol. The maximum atomic E-state index is 11.4. The van der Waals surface area contributed by atoms with E-state index in [1.807, 2.05) is 17.7 Å². The van der Waals surface area contributed by atoms with Crippen molar-refractivity contribution < 1.29 is 13.2 Å². The van der Waals surface area contributed by atoms with E-state index in [0.29, 0.717) is 17.9 Å². The lowest BCUT2D eigenvalue weighted by Crippen LogP contribution is -2.05. The molecule has 1 heterocycles. The van der Waals surface area contributed by atoms with Crippen LogP contribution in [0.15, 0.2) is 35.7 Å². The molecular formula is C14H17ClN2O3S. The molecule has 0 atom stereocenters. The molecule has 1 aromatic carbocycles. The van der Waals surface area contributed by atoms with E-state index >= 15 is 0 Å². The molecule has 21 heavy (non-hydrogen) atoms. The normalized spacial score (nSPS) is 11.6. The Balaban J connectivity index is 1.99. The van der Waals surface area contributed by atoms with Gasteiger partial charge in [-0.2, -0.15) is 0 Å². The fourth-order valence-corrected chi connectivity index (χ4v) is 3.29. The van der Waals surface area contributed by atoms with E-state index in [4.69, 9.17) is 15.4 Å². The van der Waals surface area contributed by atoms with Gasteiger partial charge < -0.3 is 9.30 Å². The van der Waals surface area contributed by atoms with Crippen LogP contribution in [-0.4, -0.2) is 24.6 Å². The van der Waals surface area contributed by atoms with Crippen LogP contribution in [0.3, 0.4) is 0 Å². The second-order valence-corrected chi connectivity index (χ2v) is 7.29. The Morgan fingerprint density at radius 2 is 2.05 bits per heavy atom. The van der Waals surface area contributed by atoms with Crippen LogP contribution in [0.4, 0.5) is 0 Å². The third-order valence-corrected chi connectivity index (χ3v) is 4.79. The van der Waals surface area contributed by atoms with Crippen molar-refractivity contribution in [1.29, 1.82) is 0 Å². The van der Waals surface area contributed by atoms with Crippen molar-refractivity contribution in [2.75, 3.05) is 6.61 Å². The number of ether oxygens (including phenoxy) is 1. The van der Waals surface area contributed by atoms with Crippen LogP contribution in [0.2, 0.25) is 0 Å². The lowest BCUT2D eigenvalue weighted by Gasteiger charge is -2.13. The summed E-state index contributed by atoms with van der Waals surface area (Å²) >= 11 is 0. The number of imidazole rings is 1. The first-order valence-corrected chi connectivity index (χ1v) is 8.84. The zero-order chi connectivity index (χ0) is 15.5. The molecule has 0 spiro atoms. The van der Waals surface area contributed by atoms with Crippen LogP contribution in [0.1, 0.15) is 17.5 Å². The molecule has 0 radical (unpaired) electrons. The van der Waals surface area contributed by atoms with Gasteiger partial charge >= 0.3 is 0 Å². The molecule has 2 aromatic rings. The minimum absolute atomic E-state index is 0.132. The molecule has 1 aromatic heterocycles. The van der Waals surface area contributed by atoms with Crippen LogP contribution in [-0.2, 0) is 15.6 Å². The molecule has 5 nitrogen and oxygen atoms in total. The molecule has 2 rings (SSSR count). The van der Waals surface area contributed by atoms with E-state index in [-0.39, 0.29) is 4.90 Å². The largest absolute Gasteiger partial charge is 0.493 e. The number of benzene rings is 1. The molecule has 0 aliphatic rings. The SMILES string of the molecule is Cc1c(OCCCn2ccnc2)ccc(S(=O)(=O)Cl)c1C. The number of aryl methyl sites for hydroxylation is 1. The molecule has 0 fully saturated rings. The number of hydrogen-bond acceptors (Lipinski definition) is 4. The van der Waals surface area contributed by atoms with E-state index in [9.17, 15) is 8.42 Å². The van der Waals surface area contributed by atoms with Crippen molar-refractivity contribution in [3.63, 3.8) is 0 Å². The summed E-state index contributed by atoms with van der Waals surface area (Å²) in [6.07, 6.45) is 6.23. The first-order chi connectivity index (χ1) is 9.89. The predicted molar refractivity (Wildman–Crippen MR) is 81.3 cm³/mol. The molecule has 0 aliphatic heterocycles. The number of rotatable bonds is 6. The summed E-state index contributed by atoms with van der Waals surface area (Å²) in [5.74, 6) is 0.683. The van der Waals surface area contributed by atoms with Crippen molar-refractivity contribution >= 4 is 19.7 Å². The van der Waals surface area contributed by atoms with Gasteiger partial charge in [0, 0.05) is 29.6 Å². The van der Waals surface area contributed by atoms with Crippen LogP contribution < -0.4 is 4.74 Å². The molecule has 114 valence electrons. The minimum Gasteiger partial charge on any atom is -0.493 e. The molecule has 0 bridgehead atoms. The minimum atomic E-state index is -3.72. The van der Waals surface area contributed by atoms with E-state index in [1.54, 1.807) is 25.5 Å². The van der Waals surface area contributed by atoms with Gasteiger partial charge in [0.2, 0.25) is 0 Å². The Labute approximate surface area is 128 Å². The zero-order valence-corrected chi connectivity index (χ0v) is 13.5. The highest BCUT2D eigenvalue weighted by molar-refractivity contribution is 8.13. The highest BCUT2D eigenvalue weighted by atomic mass is 35.7. The standard InChI is InChI=1S/C14H17ClN2O3S/c1-11-12(2)14(21(15,18)19)5-4-13(11)20-9-3-7-17-8-6-16-10-17/h4-6,8,10H,3,7,9H2,1-2H3. The molecule has 0 saturated heterocycles. The van der Waals surface area contributed by atoms with Crippen molar-refractivity contribution in [2.24, 2.45) is 0 Å². The van der Waals surface area contributed by atoms with Gasteiger partial charge in [-0.1, -0.05) is 0 Å². The Morgan fingerprint density at radius 3 is 2.67 bits per heavy atom. The number of halogens is 1. The lowest BCUT2D eigenvalue weighted by molar-refractivity contribution is 0.299. The van der Waals surface area contributed by atoms with Crippen molar-refractivity contribution in [2.45, 2.75) is 31.7 Å². The van der Waals surface area contributed by atoms with E-state index < -0.39 is 9.05 Å². The van der Waals surface area contributed by atoms with E-state index in [2.05, 4.69) is 4.98 Å². The molecule has 0 saturated carbocycles. The second-order valence-electron chi connectivity index (χ2n) is 4.75. The van der Waals surface area contributed by atoms with Gasteiger partial charge in [0.1, 0.15) is 5.75 Å². The van der Waals surface area contributed by atoms with Gasteiger partial charge in [0.05, 0.1) is 17.8 Å². The summed E-state index contributed by atoms with van der Waals surface area (Å²) in [5, 5.41) is 0. The number of aromatic nitrogens is 2. The average molecular weight is 329 g/mol. The number of nitrogens with zero attached hydrogens (tertiary/aromatic N) is 2. The Kier molecular flexibility index (Phi) is 4.90. The Morgan fingerprint density at radius 1 is 1.29 bits per heavy atom. The predicted octanol–water partition coefficient (Wildman–Crippen LogP) is 2.90. The number of hydrogen-bond donors (Lipinski definition) is 0. The smallest absolute Gasteiger partial charge is 0.261 e. The van der Waals surface area contributed by atoms with Gasteiger partial charge in [-0.25, -0.2) is 13.4 Å². The third-order valence-electron chi connectivity index (χ3n) is 3.33. The molecule has 0 unspecified atom stereocenters. The van der Waals surface area contributed by atoms with Gasteiger partial charge in [-0.15, -0.1) is 0 Å². The first-order valence-electron chi connectivity index (χ1n) is 6.53. The summed E-state index contributed by atoms with van der Waals surface area (Å²) in [5.41, 5.74) is 1.41. The Bertz CT molecular complexity index is 712. The highest BCUT2D eigenvalue weighted by Gasteiger charge is 2.16. The summed E-state index contributed by atoms with van der Waals surface area (Å²) in [7, 11) is 1.67. The molecule has 0 N–H and O–H groups in total. The monoisotopic (exact) mass is 328 g/mol. The van der Waals surface area contributed by atoms with Crippen LogP contribution >= 0.6 is 10.7 Å². The molecule has 0 amide bonds. The van der Waals surface area contributed by atoms with E-state index in [1.165, 1.54) is 6.07 Å². The summed E-state index contributed by atoms with van der Waals surface area (Å²) in [4.78, 5) is 4.10. The van der Waals surface area contributed by atoms with E-state index in [0.717, 1.165) is 18.5 Å². The Hall–Kier alpha value is -1.53. The maximum absolute atomic E-state index is 11.4. The van der Waals surface area contributed by atoms with Crippen LogP contribution in [0.25, 0.3) is 0 Å². The third kappa shape index (κ3) is 3.98. The summed E-state index contributed by atoms with van der Waals surface area (Å²) < 4.78 is 30.5. The van der Waals surface area contributed by atoms with Crippen molar-refractivity contribution in [3.8, 4) is 5.75 Å². The fraction of sp³-hybridized carbons (Fsp3) is 0.357. The van der Waals surface area contributed by atoms with Gasteiger partial charge in [-0.05, 0) is 43.5 Å². The maximum Gasteiger partial charge on any atom is 0.261 e. The molecule has 7 heteroatoms.